The Bertz CT molecular complexity index is 503. The van der Waals surface area contributed by atoms with Gasteiger partial charge in [0.25, 0.3) is 0 Å². The minimum absolute atomic E-state index is 0.952. The molecule has 0 unspecified atom stereocenters. The van der Waals surface area contributed by atoms with Crippen molar-refractivity contribution in [2.45, 2.75) is 20.0 Å². The average molecular weight is 278 g/mol. The lowest BCUT2D eigenvalue weighted by Gasteiger charge is -2.15. The first-order valence-corrected chi connectivity index (χ1v) is 7.37. The zero-order chi connectivity index (χ0) is 13.7. The molecule has 2 heterocycles. The lowest BCUT2D eigenvalue weighted by atomic mass is 10.3. The molecule has 0 spiro atoms. The van der Waals surface area contributed by atoms with Crippen molar-refractivity contribution in [3.8, 4) is 0 Å². The molecule has 0 aliphatic heterocycles. The van der Waals surface area contributed by atoms with Gasteiger partial charge in [0.15, 0.2) is 0 Å². The van der Waals surface area contributed by atoms with E-state index in [1.165, 1.54) is 15.3 Å². The zero-order valence-electron chi connectivity index (χ0n) is 11.9. The molecule has 0 aliphatic carbocycles. The molecule has 0 bridgehead atoms. The van der Waals surface area contributed by atoms with Crippen LogP contribution >= 0.6 is 11.3 Å². The van der Waals surface area contributed by atoms with Crippen molar-refractivity contribution in [3.05, 3.63) is 39.8 Å². The number of hydrogen-bond donors (Lipinski definition) is 1. The van der Waals surface area contributed by atoms with Crippen LogP contribution in [0.2, 0.25) is 0 Å². The van der Waals surface area contributed by atoms with Gasteiger partial charge in [0.05, 0.1) is 6.20 Å². The standard InChI is InChI=1S/C14H22N4S/c1-12-4-5-14(19-12)9-15-6-7-17(2)10-13-8-16-18(3)11-13/h4-5,8,11,15H,6-7,9-10H2,1-3H3. The van der Waals surface area contributed by atoms with Gasteiger partial charge in [-0.1, -0.05) is 0 Å². The van der Waals surface area contributed by atoms with E-state index >= 15 is 0 Å². The lowest BCUT2D eigenvalue weighted by Crippen LogP contribution is -2.28. The molecule has 4 nitrogen and oxygen atoms in total. The fraction of sp³-hybridized carbons (Fsp3) is 0.500. The maximum absolute atomic E-state index is 4.18. The van der Waals surface area contributed by atoms with E-state index in [1.54, 1.807) is 0 Å². The van der Waals surface area contributed by atoms with E-state index in [0.29, 0.717) is 0 Å². The van der Waals surface area contributed by atoms with Crippen molar-refractivity contribution >= 4 is 11.3 Å². The number of aryl methyl sites for hydroxylation is 2. The van der Waals surface area contributed by atoms with Crippen LogP contribution in [0, 0.1) is 6.92 Å². The van der Waals surface area contributed by atoms with E-state index in [0.717, 1.165) is 26.2 Å². The van der Waals surface area contributed by atoms with Gasteiger partial charge >= 0.3 is 0 Å². The highest BCUT2D eigenvalue weighted by Crippen LogP contribution is 2.14. The molecule has 0 aromatic carbocycles. The molecule has 0 amide bonds. The van der Waals surface area contributed by atoms with Gasteiger partial charge in [-0.05, 0) is 26.1 Å². The van der Waals surface area contributed by atoms with Crippen molar-refractivity contribution in [3.63, 3.8) is 0 Å². The van der Waals surface area contributed by atoms with Crippen molar-refractivity contribution < 1.29 is 0 Å². The molecule has 0 radical (unpaired) electrons. The number of nitrogens with one attached hydrogen (secondary N) is 1. The van der Waals surface area contributed by atoms with Gasteiger partial charge in [-0.15, -0.1) is 11.3 Å². The SMILES string of the molecule is Cc1ccc(CNCCN(C)Cc2cnn(C)c2)s1. The molecule has 5 heteroatoms. The quantitative estimate of drug-likeness (QED) is 0.787. The summed E-state index contributed by atoms with van der Waals surface area (Å²) in [7, 11) is 4.10. The van der Waals surface area contributed by atoms with Crippen molar-refractivity contribution in [2.24, 2.45) is 7.05 Å². The molecular weight excluding hydrogens is 256 g/mol. The van der Waals surface area contributed by atoms with E-state index in [1.807, 2.05) is 29.3 Å². The summed E-state index contributed by atoms with van der Waals surface area (Å²) in [5.74, 6) is 0. The summed E-state index contributed by atoms with van der Waals surface area (Å²) < 4.78 is 1.85. The van der Waals surface area contributed by atoms with E-state index in [9.17, 15) is 0 Å². The van der Waals surface area contributed by atoms with Crippen LogP contribution < -0.4 is 5.32 Å². The number of likely N-dealkylation sites (N-methyl/N-ethyl adjacent to an activating group) is 1. The summed E-state index contributed by atoms with van der Waals surface area (Å²) in [4.78, 5) is 5.10. The monoisotopic (exact) mass is 278 g/mol. The molecule has 2 aromatic heterocycles. The third-order valence-corrected chi connectivity index (χ3v) is 3.98. The second-order valence-electron chi connectivity index (χ2n) is 4.95. The van der Waals surface area contributed by atoms with E-state index in [4.69, 9.17) is 0 Å². The molecule has 19 heavy (non-hydrogen) atoms. The highest BCUT2D eigenvalue weighted by Gasteiger charge is 2.02. The number of hydrogen-bond acceptors (Lipinski definition) is 4. The Morgan fingerprint density at radius 2 is 2.26 bits per heavy atom. The van der Waals surface area contributed by atoms with Gasteiger partial charge in [0.1, 0.15) is 0 Å². The lowest BCUT2D eigenvalue weighted by molar-refractivity contribution is 0.324. The number of thiophene rings is 1. The first kappa shape index (κ1) is 14.2. The molecule has 2 aromatic rings. The first-order valence-electron chi connectivity index (χ1n) is 6.55. The highest BCUT2D eigenvalue weighted by atomic mass is 32.1. The Labute approximate surface area is 119 Å². The maximum Gasteiger partial charge on any atom is 0.0534 e. The second kappa shape index (κ2) is 6.84. The summed E-state index contributed by atoms with van der Waals surface area (Å²) in [5.41, 5.74) is 1.26. The normalized spacial score (nSPS) is 11.4. The third-order valence-electron chi connectivity index (χ3n) is 2.98. The number of aromatic nitrogens is 2. The van der Waals surface area contributed by atoms with Gasteiger partial charge in [0, 0.05) is 54.7 Å². The minimum atomic E-state index is 0.952. The van der Waals surface area contributed by atoms with Crippen LogP contribution in [0.25, 0.3) is 0 Å². The Balaban J connectivity index is 1.62. The summed E-state index contributed by atoms with van der Waals surface area (Å²) in [6.07, 6.45) is 4.00. The van der Waals surface area contributed by atoms with E-state index < -0.39 is 0 Å². The molecule has 0 atom stereocenters. The largest absolute Gasteiger partial charge is 0.311 e. The highest BCUT2D eigenvalue weighted by molar-refractivity contribution is 7.11. The smallest absolute Gasteiger partial charge is 0.0534 e. The van der Waals surface area contributed by atoms with Crippen LogP contribution in [-0.4, -0.2) is 34.8 Å². The molecule has 0 saturated heterocycles. The second-order valence-corrected chi connectivity index (χ2v) is 6.32. The molecule has 0 aliphatic rings. The Morgan fingerprint density at radius 3 is 2.89 bits per heavy atom. The van der Waals surface area contributed by atoms with Crippen LogP contribution in [0.3, 0.4) is 0 Å². The summed E-state index contributed by atoms with van der Waals surface area (Å²) in [5, 5.41) is 7.67. The molecule has 0 fully saturated rings. The minimum Gasteiger partial charge on any atom is -0.311 e. The fourth-order valence-corrected chi connectivity index (χ4v) is 2.87. The zero-order valence-corrected chi connectivity index (χ0v) is 12.7. The van der Waals surface area contributed by atoms with Gasteiger partial charge in [-0.3, -0.25) is 4.68 Å². The Hall–Kier alpha value is -1.17. The van der Waals surface area contributed by atoms with Crippen LogP contribution in [0.4, 0.5) is 0 Å². The topological polar surface area (TPSA) is 33.1 Å². The third kappa shape index (κ3) is 4.78. The summed E-state index contributed by atoms with van der Waals surface area (Å²) in [6.45, 7) is 6.12. The average Bonchev–Trinajstić information content (AvgIpc) is 2.94. The van der Waals surface area contributed by atoms with Crippen LogP contribution in [0.5, 0.6) is 0 Å². The van der Waals surface area contributed by atoms with E-state index in [2.05, 4.69) is 47.6 Å². The van der Waals surface area contributed by atoms with Crippen molar-refractivity contribution in [1.29, 1.82) is 0 Å². The van der Waals surface area contributed by atoms with Crippen molar-refractivity contribution in [1.82, 2.24) is 20.0 Å². The molecular formula is C14H22N4S. The van der Waals surface area contributed by atoms with Gasteiger partial charge in [-0.25, -0.2) is 0 Å². The van der Waals surface area contributed by atoms with Crippen LogP contribution in [-0.2, 0) is 20.1 Å². The predicted octanol–water partition coefficient (Wildman–Crippen LogP) is 2.01. The van der Waals surface area contributed by atoms with Crippen LogP contribution in [0.15, 0.2) is 24.5 Å². The summed E-state index contributed by atoms with van der Waals surface area (Å²) >= 11 is 1.86. The van der Waals surface area contributed by atoms with Gasteiger partial charge < -0.3 is 10.2 Å². The molecule has 2 rings (SSSR count). The first-order chi connectivity index (χ1) is 9.13. The van der Waals surface area contributed by atoms with Crippen molar-refractivity contribution in [2.75, 3.05) is 20.1 Å². The maximum atomic E-state index is 4.18. The van der Waals surface area contributed by atoms with Crippen LogP contribution in [0.1, 0.15) is 15.3 Å². The number of rotatable bonds is 7. The predicted molar refractivity (Wildman–Crippen MR) is 80.3 cm³/mol. The van der Waals surface area contributed by atoms with Gasteiger partial charge in [0.2, 0.25) is 0 Å². The van der Waals surface area contributed by atoms with Gasteiger partial charge in [-0.2, -0.15) is 5.10 Å². The Kier molecular flexibility index (Phi) is 5.13. The number of nitrogens with zero attached hydrogens (tertiary/aromatic N) is 3. The molecule has 0 saturated carbocycles. The fourth-order valence-electron chi connectivity index (χ4n) is 2.01. The molecule has 1 N–H and O–H groups in total. The summed E-state index contributed by atoms with van der Waals surface area (Å²) in [6, 6.07) is 4.38. The molecule has 104 valence electrons. The Morgan fingerprint density at radius 1 is 1.42 bits per heavy atom. The van der Waals surface area contributed by atoms with E-state index in [-0.39, 0.29) is 0 Å².